The van der Waals surface area contributed by atoms with E-state index >= 15 is 0 Å². The highest BCUT2D eigenvalue weighted by atomic mass is 35.5. The molecule has 0 saturated carbocycles. The summed E-state index contributed by atoms with van der Waals surface area (Å²) in [6.45, 7) is 1.88. The third kappa shape index (κ3) is 4.83. The van der Waals surface area contributed by atoms with Crippen molar-refractivity contribution in [1.29, 1.82) is 0 Å². The number of anilines is 1. The Bertz CT molecular complexity index is 727. The molecule has 0 aliphatic heterocycles. The van der Waals surface area contributed by atoms with Crippen molar-refractivity contribution in [3.8, 4) is 11.1 Å². The monoisotopic (exact) mass is 363 g/mol. The summed E-state index contributed by atoms with van der Waals surface area (Å²) in [7, 11) is 0. The Morgan fingerprint density at radius 3 is 2.46 bits per heavy atom. The average molecular weight is 364 g/mol. The highest BCUT2D eigenvalue weighted by Gasteiger charge is 2.12. The van der Waals surface area contributed by atoms with Gasteiger partial charge in [-0.25, -0.2) is 0 Å². The third-order valence-electron chi connectivity index (χ3n) is 3.79. The fourth-order valence-corrected chi connectivity index (χ4v) is 2.80. The second-order valence-electron chi connectivity index (χ2n) is 5.57. The van der Waals surface area contributed by atoms with E-state index in [9.17, 15) is 9.59 Å². The van der Waals surface area contributed by atoms with E-state index in [-0.39, 0.29) is 5.91 Å². The third-order valence-corrected chi connectivity index (χ3v) is 4.53. The highest BCUT2D eigenvalue weighted by Crippen LogP contribution is 2.35. The van der Waals surface area contributed by atoms with Gasteiger partial charge < -0.3 is 10.1 Å². The van der Waals surface area contributed by atoms with Crippen LogP contribution in [0, 0.1) is 6.92 Å². The summed E-state index contributed by atoms with van der Waals surface area (Å²) in [6, 6.07) is 11.2. The maximum absolute atomic E-state index is 12.0. The zero-order chi connectivity index (χ0) is 17.5. The zero-order valence-corrected chi connectivity index (χ0v) is 15.0. The number of rotatable bonds is 7. The number of carbonyl (C=O) groups excluding carboxylic acids is 2. The van der Waals surface area contributed by atoms with Gasteiger partial charge in [0.1, 0.15) is 6.29 Å². The van der Waals surface area contributed by atoms with Crippen LogP contribution < -0.4 is 5.32 Å². The molecule has 2 aromatic rings. The molecule has 0 spiro atoms. The van der Waals surface area contributed by atoms with Crippen molar-refractivity contribution in [2.45, 2.75) is 32.6 Å². The normalized spacial score (nSPS) is 10.5. The molecule has 1 N–H and O–H groups in total. The first-order valence-corrected chi connectivity index (χ1v) is 8.57. The minimum absolute atomic E-state index is 0.0701. The number of carbonyl (C=O) groups is 2. The van der Waals surface area contributed by atoms with E-state index in [0.717, 1.165) is 29.4 Å². The van der Waals surface area contributed by atoms with Crippen molar-refractivity contribution in [2.75, 3.05) is 5.32 Å². The van der Waals surface area contributed by atoms with Gasteiger partial charge in [-0.2, -0.15) is 0 Å². The average Bonchev–Trinajstić information content (AvgIpc) is 2.57. The molecule has 126 valence electrons. The molecule has 0 radical (unpaired) electrons. The SMILES string of the molecule is Cc1c(NC(=O)CCCCC=O)ccc(-c2ccc(Cl)cc2)c1Cl. The van der Waals surface area contributed by atoms with Crippen LogP contribution in [-0.2, 0) is 9.59 Å². The smallest absolute Gasteiger partial charge is 0.224 e. The van der Waals surface area contributed by atoms with E-state index in [0.29, 0.717) is 35.0 Å². The number of benzene rings is 2. The molecule has 0 heterocycles. The predicted octanol–water partition coefficient (Wildman–Crippen LogP) is 5.67. The largest absolute Gasteiger partial charge is 0.326 e. The van der Waals surface area contributed by atoms with Gasteiger partial charge in [0.25, 0.3) is 0 Å². The number of amides is 1. The molecule has 0 aliphatic rings. The van der Waals surface area contributed by atoms with Crippen molar-refractivity contribution in [3.63, 3.8) is 0 Å². The summed E-state index contributed by atoms with van der Waals surface area (Å²) in [5, 5.41) is 4.16. The van der Waals surface area contributed by atoms with Crippen LogP contribution in [0.25, 0.3) is 11.1 Å². The maximum Gasteiger partial charge on any atom is 0.224 e. The number of halogens is 2. The molecule has 0 unspecified atom stereocenters. The lowest BCUT2D eigenvalue weighted by atomic mass is 10.0. The molecule has 0 fully saturated rings. The number of hydrogen-bond donors (Lipinski definition) is 1. The van der Waals surface area contributed by atoms with Crippen LogP contribution in [0.1, 0.15) is 31.2 Å². The Morgan fingerprint density at radius 2 is 1.79 bits per heavy atom. The first kappa shape index (κ1) is 18.5. The Labute approximate surface area is 152 Å². The van der Waals surface area contributed by atoms with E-state index in [2.05, 4.69) is 5.32 Å². The number of nitrogens with one attached hydrogen (secondary N) is 1. The minimum atomic E-state index is -0.0701. The predicted molar refractivity (Wildman–Crippen MR) is 99.8 cm³/mol. The van der Waals surface area contributed by atoms with Gasteiger partial charge in [-0.3, -0.25) is 4.79 Å². The van der Waals surface area contributed by atoms with E-state index in [1.165, 1.54) is 0 Å². The Balaban J connectivity index is 2.10. The van der Waals surface area contributed by atoms with E-state index in [4.69, 9.17) is 23.2 Å². The van der Waals surface area contributed by atoms with Gasteiger partial charge in [-0.05, 0) is 49.1 Å². The van der Waals surface area contributed by atoms with Gasteiger partial charge in [-0.1, -0.05) is 41.4 Å². The molecular formula is C19H19Cl2NO2. The van der Waals surface area contributed by atoms with E-state index in [1.54, 1.807) is 0 Å². The molecular weight excluding hydrogens is 345 g/mol. The molecule has 0 bridgehead atoms. The fraction of sp³-hybridized carbons (Fsp3) is 0.263. The summed E-state index contributed by atoms with van der Waals surface area (Å²) < 4.78 is 0. The van der Waals surface area contributed by atoms with Gasteiger partial charge in [-0.15, -0.1) is 0 Å². The van der Waals surface area contributed by atoms with Crippen LogP contribution >= 0.6 is 23.2 Å². The second kappa shape index (κ2) is 8.86. The summed E-state index contributed by atoms with van der Waals surface area (Å²) in [5.74, 6) is -0.0701. The quantitative estimate of drug-likeness (QED) is 0.508. The first-order chi connectivity index (χ1) is 11.5. The summed E-state index contributed by atoms with van der Waals surface area (Å²) in [4.78, 5) is 22.2. The molecule has 0 atom stereocenters. The lowest BCUT2D eigenvalue weighted by Crippen LogP contribution is -2.12. The van der Waals surface area contributed by atoms with E-state index in [1.807, 2.05) is 43.3 Å². The fourth-order valence-electron chi connectivity index (χ4n) is 2.40. The molecule has 2 aromatic carbocycles. The first-order valence-electron chi connectivity index (χ1n) is 7.81. The standard InChI is InChI=1S/C19H19Cl2NO2/c1-13-17(22-18(24)5-3-2-4-12-23)11-10-16(19(13)21)14-6-8-15(20)9-7-14/h6-12H,2-5H2,1H3,(H,22,24). The lowest BCUT2D eigenvalue weighted by molar-refractivity contribution is -0.116. The summed E-state index contributed by atoms with van der Waals surface area (Å²) >= 11 is 12.4. The molecule has 0 saturated heterocycles. The van der Waals surface area contributed by atoms with Crippen molar-refractivity contribution in [2.24, 2.45) is 0 Å². The zero-order valence-electron chi connectivity index (χ0n) is 13.4. The Morgan fingerprint density at radius 1 is 1.08 bits per heavy atom. The minimum Gasteiger partial charge on any atom is -0.326 e. The maximum atomic E-state index is 12.0. The molecule has 5 heteroatoms. The van der Waals surface area contributed by atoms with Crippen molar-refractivity contribution in [3.05, 3.63) is 52.0 Å². The Kier molecular flexibility index (Phi) is 6.83. The molecule has 2 rings (SSSR count). The van der Waals surface area contributed by atoms with Crippen LogP contribution in [-0.4, -0.2) is 12.2 Å². The van der Waals surface area contributed by atoms with Crippen LogP contribution in [0.4, 0.5) is 5.69 Å². The summed E-state index contributed by atoms with van der Waals surface area (Å²) in [6.07, 6.45) is 3.18. The van der Waals surface area contributed by atoms with Gasteiger partial charge in [0.05, 0.1) is 5.02 Å². The van der Waals surface area contributed by atoms with Gasteiger partial charge in [0.2, 0.25) is 5.91 Å². The number of unbranched alkanes of at least 4 members (excludes halogenated alkanes) is 2. The Hall–Kier alpha value is -1.84. The number of hydrogen-bond acceptors (Lipinski definition) is 2. The second-order valence-corrected chi connectivity index (χ2v) is 6.38. The number of aldehydes is 1. The molecule has 0 aliphatic carbocycles. The highest BCUT2D eigenvalue weighted by molar-refractivity contribution is 6.34. The molecule has 1 amide bonds. The lowest BCUT2D eigenvalue weighted by Gasteiger charge is -2.13. The van der Waals surface area contributed by atoms with Crippen LogP contribution in [0.2, 0.25) is 10.0 Å². The summed E-state index contributed by atoms with van der Waals surface area (Å²) in [5.41, 5.74) is 3.40. The van der Waals surface area contributed by atoms with Crippen LogP contribution in [0.5, 0.6) is 0 Å². The van der Waals surface area contributed by atoms with Crippen LogP contribution in [0.15, 0.2) is 36.4 Å². The topological polar surface area (TPSA) is 46.2 Å². The molecule has 0 aromatic heterocycles. The van der Waals surface area contributed by atoms with Gasteiger partial charge in [0.15, 0.2) is 0 Å². The van der Waals surface area contributed by atoms with Crippen molar-refractivity contribution in [1.82, 2.24) is 0 Å². The van der Waals surface area contributed by atoms with Gasteiger partial charge in [0, 0.05) is 29.1 Å². The van der Waals surface area contributed by atoms with Crippen molar-refractivity contribution >= 4 is 41.1 Å². The molecule has 24 heavy (non-hydrogen) atoms. The van der Waals surface area contributed by atoms with Crippen molar-refractivity contribution < 1.29 is 9.59 Å². The van der Waals surface area contributed by atoms with Crippen LogP contribution in [0.3, 0.4) is 0 Å². The van der Waals surface area contributed by atoms with E-state index < -0.39 is 0 Å². The molecule has 3 nitrogen and oxygen atoms in total. The van der Waals surface area contributed by atoms with Gasteiger partial charge >= 0.3 is 0 Å².